The predicted octanol–water partition coefficient (Wildman–Crippen LogP) is 3.77. The minimum absolute atomic E-state index is 0.0933. The zero-order valence-corrected chi connectivity index (χ0v) is 15.4. The van der Waals surface area contributed by atoms with Crippen molar-refractivity contribution >= 4 is 5.78 Å². The van der Waals surface area contributed by atoms with Crippen molar-refractivity contribution in [3.63, 3.8) is 0 Å². The molecule has 0 aliphatic carbocycles. The van der Waals surface area contributed by atoms with Gasteiger partial charge in [-0.05, 0) is 36.2 Å². The van der Waals surface area contributed by atoms with Gasteiger partial charge < -0.3 is 9.47 Å². The van der Waals surface area contributed by atoms with Crippen LogP contribution in [0.2, 0.25) is 0 Å². The molecule has 0 aromatic heterocycles. The van der Waals surface area contributed by atoms with E-state index in [0.717, 1.165) is 56.1 Å². The molecule has 0 bridgehead atoms. The van der Waals surface area contributed by atoms with E-state index in [2.05, 4.69) is 11.8 Å². The summed E-state index contributed by atoms with van der Waals surface area (Å²) in [6, 6.07) is 17.5. The fraction of sp³-hybridized carbons (Fsp3) is 0.409. The molecule has 0 radical (unpaired) electrons. The zero-order valence-electron chi connectivity index (χ0n) is 15.4. The molecular weight excluding hydrogens is 326 g/mol. The van der Waals surface area contributed by atoms with Gasteiger partial charge in [-0.25, -0.2) is 0 Å². The molecule has 0 N–H and O–H groups in total. The van der Waals surface area contributed by atoms with Crippen molar-refractivity contribution in [1.29, 1.82) is 0 Å². The summed E-state index contributed by atoms with van der Waals surface area (Å²) in [5.74, 6) is 0.880. The average molecular weight is 353 g/mol. The molecular formula is C22H27NO3. The lowest BCUT2D eigenvalue weighted by molar-refractivity contribution is 0.0322. The molecule has 3 rings (SSSR count). The van der Waals surface area contributed by atoms with Crippen LogP contribution >= 0.6 is 0 Å². The molecule has 4 heteroatoms. The fourth-order valence-electron chi connectivity index (χ4n) is 3.29. The monoisotopic (exact) mass is 353 g/mol. The molecule has 0 spiro atoms. The highest BCUT2D eigenvalue weighted by Crippen LogP contribution is 2.25. The van der Waals surface area contributed by atoms with E-state index in [9.17, 15) is 4.79 Å². The van der Waals surface area contributed by atoms with Crippen LogP contribution in [0.4, 0.5) is 0 Å². The largest absolute Gasteiger partial charge is 0.492 e. The van der Waals surface area contributed by atoms with Crippen LogP contribution in [0.5, 0.6) is 5.75 Å². The van der Waals surface area contributed by atoms with Crippen LogP contribution in [0.1, 0.15) is 35.2 Å². The number of hydrogen-bond donors (Lipinski definition) is 0. The summed E-state index contributed by atoms with van der Waals surface area (Å²) in [5.41, 5.74) is 1.81. The van der Waals surface area contributed by atoms with Crippen LogP contribution in [-0.4, -0.2) is 50.1 Å². The van der Waals surface area contributed by atoms with Gasteiger partial charge in [0.05, 0.1) is 13.2 Å². The lowest BCUT2D eigenvalue weighted by atomic mass is 9.89. The molecule has 1 unspecified atom stereocenters. The predicted molar refractivity (Wildman–Crippen MR) is 103 cm³/mol. The number of nitrogens with zero attached hydrogens (tertiary/aromatic N) is 1. The first-order valence-corrected chi connectivity index (χ1v) is 9.40. The number of benzene rings is 2. The summed E-state index contributed by atoms with van der Waals surface area (Å²) in [7, 11) is 0. The number of carbonyl (C=O) groups excluding carboxylic acids is 1. The molecule has 1 aliphatic heterocycles. The van der Waals surface area contributed by atoms with Crippen LogP contribution < -0.4 is 4.74 Å². The van der Waals surface area contributed by atoms with Crippen molar-refractivity contribution in [2.75, 3.05) is 39.5 Å². The second kappa shape index (κ2) is 9.51. The minimum atomic E-state index is -0.0933. The van der Waals surface area contributed by atoms with Gasteiger partial charge in [0.25, 0.3) is 0 Å². The third-order valence-electron chi connectivity index (χ3n) is 4.85. The smallest absolute Gasteiger partial charge is 0.170 e. The van der Waals surface area contributed by atoms with Gasteiger partial charge in [-0.2, -0.15) is 0 Å². The molecule has 1 saturated heterocycles. The molecule has 0 amide bonds. The Morgan fingerprint density at radius 3 is 2.42 bits per heavy atom. The van der Waals surface area contributed by atoms with Gasteiger partial charge in [0.1, 0.15) is 12.4 Å². The van der Waals surface area contributed by atoms with Crippen molar-refractivity contribution < 1.29 is 14.3 Å². The highest BCUT2D eigenvalue weighted by atomic mass is 16.5. The van der Waals surface area contributed by atoms with Crippen molar-refractivity contribution in [1.82, 2.24) is 4.90 Å². The van der Waals surface area contributed by atoms with Gasteiger partial charge >= 0.3 is 0 Å². The Hall–Kier alpha value is -2.17. The summed E-state index contributed by atoms with van der Waals surface area (Å²) < 4.78 is 11.2. The fourth-order valence-corrected chi connectivity index (χ4v) is 3.29. The summed E-state index contributed by atoms with van der Waals surface area (Å²) in [6.07, 6.45) is 0.792. The summed E-state index contributed by atoms with van der Waals surface area (Å²) >= 11 is 0. The maximum absolute atomic E-state index is 12.8. The number of carbonyl (C=O) groups is 1. The number of hydrogen-bond acceptors (Lipinski definition) is 4. The normalized spacial score (nSPS) is 16.2. The molecule has 26 heavy (non-hydrogen) atoms. The summed E-state index contributed by atoms with van der Waals surface area (Å²) in [5, 5.41) is 0. The van der Waals surface area contributed by atoms with E-state index in [1.54, 1.807) is 0 Å². The topological polar surface area (TPSA) is 38.8 Å². The molecule has 4 nitrogen and oxygen atoms in total. The number of Topliss-reactive ketones (excluding diaryl/α,β-unsaturated/α-hetero) is 1. The Bertz CT molecular complexity index is 678. The van der Waals surface area contributed by atoms with Crippen molar-refractivity contribution in [2.45, 2.75) is 19.3 Å². The summed E-state index contributed by atoms with van der Waals surface area (Å²) in [6.45, 7) is 7.14. The van der Waals surface area contributed by atoms with Gasteiger partial charge in [0.2, 0.25) is 0 Å². The Morgan fingerprint density at radius 1 is 1.08 bits per heavy atom. The first-order chi connectivity index (χ1) is 12.8. The molecule has 2 aromatic carbocycles. The average Bonchev–Trinajstić information content (AvgIpc) is 2.71. The third kappa shape index (κ3) is 4.93. The van der Waals surface area contributed by atoms with E-state index >= 15 is 0 Å². The summed E-state index contributed by atoms with van der Waals surface area (Å²) in [4.78, 5) is 15.2. The zero-order chi connectivity index (χ0) is 18.2. The van der Waals surface area contributed by atoms with E-state index in [4.69, 9.17) is 9.47 Å². The van der Waals surface area contributed by atoms with E-state index in [1.165, 1.54) is 0 Å². The van der Waals surface area contributed by atoms with Crippen LogP contribution in [0.25, 0.3) is 0 Å². The number of ether oxygens (including phenoxy) is 2. The van der Waals surface area contributed by atoms with Gasteiger partial charge in [-0.3, -0.25) is 9.69 Å². The second-order valence-corrected chi connectivity index (χ2v) is 6.56. The molecule has 1 fully saturated rings. The molecule has 1 atom stereocenters. The van der Waals surface area contributed by atoms with Gasteiger partial charge in [-0.15, -0.1) is 0 Å². The van der Waals surface area contributed by atoms with Crippen molar-refractivity contribution in [3.05, 3.63) is 65.7 Å². The van der Waals surface area contributed by atoms with Crippen molar-refractivity contribution in [2.24, 2.45) is 0 Å². The molecule has 1 heterocycles. The highest BCUT2D eigenvalue weighted by molar-refractivity contribution is 6.01. The SMILES string of the molecule is CCC(C(=O)c1ccc(OCCN2CCOCC2)cc1)c1ccccc1. The Morgan fingerprint density at radius 2 is 1.77 bits per heavy atom. The van der Waals surface area contributed by atoms with Gasteiger partial charge in [0, 0.05) is 31.1 Å². The standard InChI is InChI=1S/C22H27NO3/c1-2-21(18-6-4-3-5-7-18)22(24)19-8-10-20(11-9-19)26-17-14-23-12-15-25-16-13-23/h3-11,21H,2,12-17H2,1H3. The lowest BCUT2D eigenvalue weighted by Crippen LogP contribution is -2.38. The van der Waals surface area contributed by atoms with Crippen LogP contribution in [-0.2, 0) is 4.74 Å². The Kier molecular flexibility index (Phi) is 6.81. The number of morpholine rings is 1. The third-order valence-corrected chi connectivity index (χ3v) is 4.85. The van der Waals surface area contributed by atoms with Crippen LogP contribution in [0, 0.1) is 0 Å². The van der Waals surface area contributed by atoms with Gasteiger partial charge in [0.15, 0.2) is 5.78 Å². The first kappa shape index (κ1) is 18.6. The highest BCUT2D eigenvalue weighted by Gasteiger charge is 2.20. The molecule has 1 aliphatic rings. The maximum Gasteiger partial charge on any atom is 0.170 e. The maximum atomic E-state index is 12.8. The number of rotatable bonds is 8. The van der Waals surface area contributed by atoms with E-state index < -0.39 is 0 Å². The van der Waals surface area contributed by atoms with E-state index in [0.29, 0.717) is 6.61 Å². The minimum Gasteiger partial charge on any atom is -0.492 e. The Labute approximate surface area is 155 Å². The van der Waals surface area contributed by atoms with Crippen LogP contribution in [0.15, 0.2) is 54.6 Å². The van der Waals surface area contributed by atoms with E-state index in [-0.39, 0.29) is 11.7 Å². The Balaban J connectivity index is 1.55. The van der Waals surface area contributed by atoms with Crippen LogP contribution in [0.3, 0.4) is 0 Å². The van der Waals surface area contributed by atoms with E-state index in [1.807, 2.05) is 54.6 Å². The van der Waals surface area contributed by atoms with Gasteiger partial charge in [-0.1, -0.05) is 37.3 Å². The van der Waals surface area contributed by atoms with Crippen molar-refractivity contribution in [3.8, 4) is 5.75 Å². The molecule has 0 saturated carbocycles. The quantitative estimate of drug-likeness (QED) is 0.677. The first-order valence-electron chi connectivity index (χ1n) is 9.40. The molecule has 2 aromatic rings. The number of ketones is 1. The lowest BCUT2D eigenvalue weighted by Gasteiger charge is -2.26. The molecule has 138 valence electrons. The second-order valence-electron chi connectivity index (χ2n) is 6.56.